The molecule has 0 unspecified atom stereocenters. The molecule has 136 valence electrons. The summed E-state index contributed by atoms with van der Waals surface area (Å²) in [4.78, 5) is 2.35. The van der Waals surface area contributed by atoms with Crippen molar-refractivity contribution in [3.63, 3.8) is 0 Å². The Morgan fingerprint density at radius 1 is 1.12 bits per heavy atom. The van der Waals surface area contributed by atoms with Gasteiger partial charge in [0.1, 0.15) is 6.04 Å². The maximum Gasteiger partial charge on any atom is 0.257 e. The van der Waals surface area contributed by atoms with E-state index in [1.54, 1.807) is 23.5 Å². The largest absolute Gasteiger partial charge is 0.418 e. The van der Waals surface area contributed by atoms with E-state index in [2.05, 4.69) is 10.2 Å². The van der Waals surface area contributed by atoms with E-state index in [4.69, 9.17) is 4.42 Å². The zero-order valence-corrected chi connectivity index (χ0v) is 16.2. The molecule has 1 aliphatic heterocycles. The van der Waals surface area contributed by atoms with Crippen LogP contribution in [-0.4, -0.2) is 29.5 Å². The molecule has 26 heavy (non-hydrogen) atoms. The van der Waals surface area contributed by atoms with Crippen molar-refractivity contribution >= 4 is 21.4 Å². The molecule has 0 bridgehead atoms. The van der Waals surface area contributed by atoms with Crippen LogP contribution >= 0.6 is 11.3 Å². The van der Waals surface area contributed by atoms with Gasteiger partial charge in [0, 0.05) is 11.4 Å². The number of thiophene rings is 1. The maximum atomic E-state index is 13.0. The highest BCUT2D eigenvalue weighted by atomic mass is 32.2. The summed E-state index contributed by atoms with van der Waals surface area (Å²) in [6.07, 6.45) is 1.45. The lowest BCUT2D eigenvalue weighted by Gasteiger charge is -2.21. The molecule has 1 aromatic carbocycles. The van der Waals surface area contributed by atoms with Gasteiger partial charge in [0.2, 0.25) is 15.9 Å². The third-order valence-electron chi connectivity index (χ3n) is 4.51. The fraction of sp³-hybridized carbons (Fsp3) is 0.333. The Hall–Kier alpha value is -2.03. The Kier molecular flexibility index (Phi) is 4.42. The highest BCUT2D eigenvalue weighted by molar-refractivity contribution is 7.89. The number of benzene rings is 1. The molecule has 0 radical (unpaired) electrons. The van der Waals surface area contributed by atoms with E-state index < -0.39 is 16.1 Å². The molecule has 0 amide bonds. The van der Waals surface area contributed by atoms with Crippen molar-refractivity contribution in [2.24, 2.45) is 0 Å². The van der Waals surface area contributed by atoms with Crippen LogP contribution < -0.4 is 0 Å². The molecular formula is C18H19N3O3S2. The molecule has 8 heteroatoms. The Balaban J connectivity index is 1.64. The van der Waals surface area contributed by atoms with E-state index in [9.17, 15) is 8.42 Å². The maximum absolute atomic E-state index is 13.0. The lowest BCUT2D eigenvalue weighted by Crippen LogP contribution is -2.30. The first kappa shape index (κ1) is 17.4. The van der Waals surface area contributed by atoms with Gasteiger partial charge in [-0.1, -0.05) is 17.7 Å². The van der Waals surface area contributed by atoms with Crippen LogP contribution in [0.25, 0.3) is 10.8 Å². The van der Waals surface area contributed by atoms with Crippen molar-refractivity contribution in [2.75, 3.05) is 6.54 Å². The summed E-state index contributed by atoms with van der Waals surface area (Å²) in [7, 11) is -3.60. The number of hydrogen-bond acceptors (Lipinski definition) is 6. The third kappa shape index (κ3) is 3.08. The standard InChI is InChI=1S/C18H19N3O3S2/c1-12-5-8-14(9-6-12)26(22,23)21-11-3-4-15(21)17-19-20-18(24-17)16-10-7-13(2)25-16/h5-10,15H,3-4,11H2,1-2H3/t15-/m1/s1. The molecule has 1 atom stereocenters. The van der Waals surface area contributed by atoms with Crippen molar-refractivity contribution in [2.45, 2.75) is 37.6 Å². The zero-order chi connectivity index (χ0) is 18.3. The Morgan fingerprint density at radius 3 is 2.58 bits per heavy atom. The smallest absolute Gasteiger partial charge is 0.257 e. The molecule has 4 rings (SSSR count). The van der Waals surface area contributed by atoms with Crippen molar-refractivity contribution in [1.29, 1.82) is 0 Å². The van der Waals surface area contributed by atoms with Crippen molar-refractivity contribution in [3.8, 4) is 10.8 Å². The molecule has 3 aromatic rings. The average molecular weight is 390 g/mol. The van der Waals surface area contributed by atoms with Crippen LogP contribution in [0.4, 0.5) is 0 Å². The summed E-state index contributed by atoms with van der Waals surface area (Å²) < 4.78 is 33.4. The molecule has 6 nitrogen and oxygen atoms in total. The first-order valence-electron chi connectivity index (χ1n) is 8.44. The van der Waals surface area contributed by atoms with Crippen molar-refractivity contribution < 1.29 is 12.8 Å². The minimum absolute atomic E-state index is 0.295. The Morgan fingerprint density at radius 2 is 1.88 bits per heavy atom. The van der Waals surface area contributed by atoms with E-state index in [1.165, 1.54) is 4.31 Å². The summed E-state index contributed by atoms with van der Waals surface area (Å²) in [5.41, 5.74) is 1.02. The van der Waals surface area contributed by atoms with E-state index in [0.717, 1.165) is 21.7 Å². The van der Waals surface area contributed by atoms with Crippen LogP contribution in [0, 0.1) is 13.8 Å². The van der Waals surface area contributed by atoms with Crippen LogP contribution in [0.5, 0.6) is 0 Å². The fourth-order valence-electron chi connectivity index (χ4n) is 3.14. The second kappa shape index (κ2) is 6.61. The molecule has 1 saturated heterocycles. The first-order valence-corrected chi connectivity index (χ1v) is 10.7. The van der Waals surface area contributed by atoms with E-state index in [0.29, 0.717) is 29.6 Å². The summed E-state index contributed by atoms with van der Waals surface area (Å²) in [6.45, 7) is 4.40. The monoisotopic (exact) mass is 389 g/mol. The highest BCUT2D eigenvalue weighted by Gasteiger charge is 2.39. The molecule has 0 saturated carbocycles. The number of aryl methyl sites for hydroxylation is 2. The number of hydrogen-bond donors (Lipinski definition) is 0. The van der Waals surface area contributed by atoms with Gasteiger partial charge in [-0.05, 0) is 51.0 Å². The van der Waals surface area contributed by atoms with Crippen molar-refractivity contribution in [1.82, 2.24) is 14.5 Å². The predicted molar refractivity (Wildman–Crippen MR) is 99.4 cm³/mol. The molecule has 1 fully saturated rings. The average Bonchev–Trinajstić information content (AvgIpc) is 3.34. The fourth-order valence-corrected chi connectivity index (χ4v) is 5.58. The quantitative estimate of drug-likeness (QED) is 0.675. The molecule has 2 aromatic heterocycles. The van der Waals surface area contributed by atoms with Gasteiger partial charge in [0.15, 0.2) is 0 Å². The van der Waals surface area contributed by atoms with Crippen LogP contribution in [-0.2, 0) is 10.0 Å². The second-order valence-electron chi connectivity index (χ2n) is 6.44. The summed E-state index contributed by atoms with van der Waals surface area (Å²) >= 11 is 1.57. The number of rotatable bonds is 4. The van der Waals surface area contributed by atoms with E-state index >= 15 is 0 Å². The molecule has 3 heterocycles. The summed E-state index contributed by atoms with van der Waals surface area (Å²) in [5.74, 6) is 0.803. The third-order valence-corrected chi connectivity index (χ3v) is 7.42. The number of sulfonamides is 1. The highest BCUT2D eigenvalue weighted by Crippen LogP contribution is 2.37. The molecule has 1 aliphatic rings. The predicted octanol–water partition coefficient (Wildman–Crippen LogP) is 3.94. The van der Waals surface area contributed by atoms with Gasteiger partial charge in [-0.3, -0.25) is 0 Å². The zero-order valence-electron chi connectivity index (χ0n) is 14.5. The van der Waals surface area contributed by atoms with E-state index in [-0.39, 0.29) is 0 Å². The van der Waals surface area contributed by atoms with Gasteiger partial charge in [0.05, 0.1) is 9.77 Å². The molecule has 0 spiro atoms. The van der Waals surface area contributed by atoms with Gasteiger partial charge in [-0.15, -0.1) is 21.5 Å². The van der Waals surface area contributed by atoms with Crippen molar-refractivity contribution in [3.05, 3.63) is 52.7 Å². The van der Waals surface area contributed by atoms with Crippen LogP contribution in [0.2, 0.25) is 0 Å². The minimum atomic E-state index is -3.60. The van der Waals surface area contributed by atoms with Gasteiger partial charge in [0.25, 0.3) is 5.89 Å². The SMILES string of the molecule is Cc1ccc(S(=O)(=O)N2CCC[C@@H]2c2nnc(-c3ccc(C)s3)o2)cc1. The second-order valence-corrected chi connectivity index (χ2v) is 9.62. The normalized spacial score (nSPS) is 18.5. The number of aromatic nitrogens is 2. The lowest BCUT2D eigenvalue weighted by atomic mass is 10.2. The van der Waals surface area contributed by atoms with Crippen LogP contribution in [0.15, 0.2) is 45.7 Å². The summed E-state index contributed by atoms with van der Waals surface area (Å²) in [6, 6.07) is 10.4. The minimum Gasteiger partial charge on any atom is -0.418 e. The molecule has 0 aliphatic carbocycles. The molecular weight excluding hydrogens is 370 g/mol. The summed E-state index contributed by atoms with van der Waals surface area (Å²) in [5, 5.41) is 8.26. The topological polar surface area (TPSA) is 76.3 Å². The van der Waals surface area contributed by atoms with Gasteiger partial charge in [-0.2, -0.15) is 4.31 Å². The molecule has 0 N–H and O–H groups in total. The van der Waals surface area contributed by atoms with Gasteiger partial charge < -0.3 is 4.42 Å². The Labute approximate surface area is 156 Å². The van der Waals surface area contributed by atoms with E-state index in [1.807, 2.05) is 38.1 Å². The Bertz CT molecular complexity index is 1020. The number of nitrogens with zero attached hydrogens (tertiary/aromatic N) is 3. The van der Waals surface area contributed by atoms with Crippen LogP contribution in [0.1, 0.15) is 35.2 Å². The first-order chi connectivity index (χ1) is 12.4. The lowest BCUT2D eigenvalue weighted by molar-refractivity contribution is 0.332. The van der Waals surface area contributed by atoms with Gasteiger partial charge in [-0.25, -0.2) is 8.42 Å². The van der Waals surface area contributed by atoms with Gasteiger partial charge >= 0.3 is 0 Å². The van der Waals surface area contributed by atoms with Crippen LogP contribution in [0.3, 0.4) is 0 Å².